The zero-order valence-electron chi connectivity index (χ0n) is 12.9. The summed E-state index contributed by atoms with van der Waals surface area (Å²) in [6.07, 6.45) is 4.71. The summed E-state index contributed by atoms with van der Waals surface area (Å²) >= 11 is 0. The van der Waals surface area contributed by atoms with Crippen LogP contribution in [0.2, 0.25) is 0 Å². The van der Waals surface area contributed by atoms with E-state index in [9.17, 15) is 13.5 Å². The van der Waals surface area contributed by atoms with E-state index in [0.29, 0.717) is 18.6 Å². The number of aliphatic hydroxyl groups is 1. The van der Waals surface area contributed by atoms with Gasteiger partial charge in [0.05, 0.1) is 11.6 Å². The first-order chi connectivity index (χ1) is 11.0. The van der Waals surface area contributed by atoms with Crippen molar-refractivity contribution in [3.8, 4) is 0 Å². The van der Waals surface area contributed by atoms with Crippen LogP contribution in [-0.2, 0) is 10.0 Å². The van der Waals surface area contributed by atoms with Crippen molar-refractivity contribution in [3.05, 3.63) is 36.5 Å². The van der Waals surface area contributed by atoms with Gasteiger partial charge in [0.2, 0.25) is 10.0 Å². The molecule has 1 aliphatic heterocycles. The first-order valence-corrected chi connectivity index (χ1v) is 9.49. The van der Waals surface area contributed by atoms with E-state index in [2.05, 4.69) is 4.98 Å². The Bertz CT molecular complexity index is 837. The highest BCUT2D eigenvalue weighted by Crippen LogP contribution is 2.49. The summed E-state index contributed by atoms with van der Waals surface area (Å²) in [5, 5.41) is 10.8. The molecule has 1 saturated carbocycles. The monoisotopic (exact) mass is 332 g/mol. The molecule has 6 heteroatoms. The van der Waals surface area contributed by atoms with Crippen molar-refractivity contribution in [2.45, 2.75) is 36.7 Å². The van der Waals surface area contributed by atoms with Gasteiger partial charge in [0.1, 0.15) is 4.90 Å². The lowest BCUT2D eigenvalue weighted by Crippen LogP contribution is -2.53. The summed E-state index contributed by atoms with van der Waals surface area (Å²) in [5.74, 6) is 0. The predicted octanol–water partition coefficient (Wildman–Crippen LogP) is 2.16. The van der Waals surface area contributed by atoms with Gasteiger partial charge in [-0.1, -0.05) is 18.2 Å². The van der Waals surface area contributed by atoms with E-state index < -0.39 is 10.0 Å². The number of aliphatic hydroxyl groups excluding tert-OH is 1. The molecule has 1 saturated heterocycles. The normalized spacial score (nSPS) is 24.7. The molecule has 2 aliphatic rings. The van der Waals surface area contributed by atoms with E-state index in [4.69, 9.17) is 0 Å². The molecule has 1 aromatic heterocycles. The van der Waals surface area contributed by atoms with Crippen LogP contribution in [0.5, 0.6) is 0 Å². The maximum Gasteiger partial charge on any atom is 0.245 e. The SMILES string of the molecule is O=S(=O)(c1cccc2cccnc12)N1CCC2(CCC2O)CC1. The predicted molar refractivity (Wildman–Crippen MR) is 87.4 cm³/mol. The second-order valence-corrected chi connectivity index (χ2v) is 8.56. The molecule has 2 fully saturated rings. The molecule has 5 nitrogen and oxygen atoms in total. The Balaban J connectivity index is 1.65. The number of fused-ring (bicyclic) bond motifs is 1. The lowest BCUT2D eigenvalue weighted by Gasteiger charge is -2.51. The van der Waals surface area contributed by atoms with Crippen LogP contribution in [0, 0.1) is 5.41 Å². The Morgan fingerprint density at radius 1 is 1.13 bits per heavy atom. The molecule has 0 radical (unpaired) electrons. The van der Waals surface area contributed by atoms with Crippen molar-refractivity contribution in [3.63, 3.8) is 0 Å². The molecule has 122 valence electrons. The first kappa shape index (κ1) is 15.1. The van der Waals surface area contributed by atoms with Gasteiger partial charge < -0.3 is 5.11 Å². The Labute approximate surface area is 136 Å². The van der Waals surface area contributed by atoms with Gasteiger partial charge >= 0.3 is 0 Å². The van der Waals surface area contributed by atoms with Crippen LogP contribution >= 0.6 is 0 Å². The van der Waals surface area contributed by atoms with Crippen LogP contribution in [-0.4, -0.2) is 42.0 Å². The van der Waals surface area contributed by atoms with Crippen molar-refractivity contribution in [2.75, 3.05) is 13.1 Å². The minimum Gasteiger partial charge on any atom is -0.393 e. The standard InChI is InChI=1S/C17H20N2O3S/c20-15-6-7-17(15)8-11-19(12-9-17)23(21,22)14-5-1-3-13-4-2-10-18-16(13)14/h1-5,10,15,20H,6-9,11-12H2. The second kappa shape index (κ2) is 5.26. The Kier molecular flexibility index (Phi) is 3.44. The largest absolute Gasteiger partial charge is 0.393 e. The number of nitrogens with zero attached hydrogens (tertiary/aromatic N) is 2. The number of benzene rings is 1. The van der Waals surface area contributed by atoms with Gasteiger partial charge in [-0.3, -0.25) is 4.98 Å². The zero-order chi connectivity index (χ0) is 16.1. The lowest BCUT2D eigenvalue weighted by atomic mass is 9.61. The summed E-state index contributed by atoms with van der Waals surface area (Å²) in [4.78, 5) is 4.54. The number of piperidine rings is 1. The van der Waals surface area contributed by atoms with Gasteiger partial charge in [-0.25, -0.2) is 8.42 Å². The van der Waals surface area contributed by atoms with E-state index in [1.54, 1.807) is 28.7 Å². The highest BCUT2D eigenvalue weighted by molar-refractivity contribution is 7.89. The third-order valence-corrected chi connectivity index (χ3v) is 7.48. The molecule has 4 rings (SSSR count). The molecular weight excluding hydrogens is 312 g/mol. The minimum absolute atomic E-state index is 0.0387. The van der Waals surface area contributed by atoms with E-state index >= 15 is 0 Å². The third kappa shape index (κ3) is 2.28. The average Bonchev–Trinajstić information content (AvgIpc) is 2.60. The van der Waals surface area contributed by atoms with Crippen LogP contribution in [0.25, 0.3) is 10.9 Å². The average molecular weight is 332 g/mol. The molecule has 0 bridgehead atoms. The highest BCUT2D eigenvalue weighted by atomic mass is 32.2. The molecule has 2 heterocycles. The van der Waals surface area contributed by atoms with Gasteiger partial charge in [-0.15, -0.1) is 0 Å². The van der Waals surface area contributed by atoms with Crippen molar-refractivity contribution in [2.24, 2.45) is 5.41 Å². The summed E-state index contributed by atoms with van der Waals surface area (Å²) < 4.78 is 27.6. The van der Waals surface area contributed by atoms with Gasteiger partial charge in [-0.05, 0) is 43.2 Å². The quantitative estimate of drug-likeness (QED) is 0.915. The molecule has 1 aliphatic carbocycles. The van der Waals surface area contributed by atoms with E-state index in [1.165, 1.54) is 0 Å². The van der Waals surface area contributed by atoms with Gasteiger partial charge in [0, 0.05) is 24.7 Å². The number of para-hydroxylation sites is 1. The van der Waals surface area contributed by atoms with Crippen LogP contribution in [0.1, 0.15) is 25.7 Å². The molecule has 1 N–H and O–H groups in total. The van der Waals surface area contributed by atoms with Gasteiger partial charge in [0.15, 0.2) is 0 Å². The van der Waals surface area contributed by atoms with E-state index in [-0.39, 0.29) is 16.4 Å². The van der Waals surface area contributed by atoms with Crippen LogP contribution < -0.4 is 0 Å². The highest BCUT2D eigenvalue weighted by Gasteiger charge is 2.48. The molecule has 23 heavy (non-hydrogen) atoms. The minimum atomic E-state index is -3.55. The number of pyridine rings is 1. The van der Waals surface area contributed by atoms with Crippen molar-refractivity contribution in [1.29, 1.82) is 0 Å². The van der Waals surface area contributed by atoms with Crippen LogP contribution in [0.4, 0.5) is 0 Å². The Morgan fingerprint density at radius 2 is 1.87 bits per heavy atom. The van der Waals surface area contributed by atoms with E-state index in [0.717, 1.165) is 31.1 Å². The van der Waals surface area contributed by atoms with Crippen LogP contribution in [0.15, 0.2) is 41.4 Å². The number of hydrogen-bond acceptors (Lipinski definition) is 4. The summed E-state index contributed by atoms with van der Waals surface area (Å²) in [6.45, 7) is 0.950. The zero-order valence-corrected chi connectivity index (χ0v) is 13.7. The first-order valence-electron chi connectivity index (χ1n) is 8.05. The Hall–Kier alpha value is -1.50. The fourth-order valence-corrected chi connectivity index (χ4v) is 5.47. The lowest BCUT2D eigenvalue weighted by molar-refractivity contribution is -0.0911. The third-order valence-electron chi connectivity index (χ3n) is 5.55. The fraction of sp³-hybridized carbons (Fsp3) is 0.471. The fourth-order valence-electron chi connectivity index (χ4n) is 3.86. The second-order valence-electron chi connectivity index (χ2n) is 6.65. The summed E-state index contributed by atoms with van der Waals surface area (Å²) in [6, 6.07) is 8.95. The maximum absolute atomic E-state index is 13.0. The van der Waals surface area contributed by atoms with Crippen LogP contribution in [0.3, 0.4) is 0 Å². The molecule has 1 atom stereocenters. The van der Waals surface area contributed by atoms with Crippen molar-refractivity contribution in [1.82, 2.24) is 9.29 Å². The number of aromatic nitrogens is 1. The molecule has 1 unspecified atom stereocenters. The maximum atomic E-state index is 13.0. The molecule has 2 aromatic rings. The molecule has 0 amide bonds. The van der Waals surface area contributed by atoms with Crippen molar-refractivity contribution < 1.29 is 13.5 Å². The topological polar surface area (TPSA) is 70.5 Å². The molecular formula is C17H20N2O3S. The number of sulfonamides is 1. The molecule has 1 aromatic carbocycles. The summed E-state index contributed by atoms with van der Waals surface area (Å²) in [5.41, 5.74) is 0.488. The number of rotatable bonds is 2. The van der Waals surface area contributed by atoms with Gasteiger partial charge in [0.25, 0.3) is 0 Å². The smallest absolute Gasteiger partial charge is 0.245 e. The summed E-state index contributed by atoms with van der Waals surface area (Å²) in [7, 11) is -3.55. The van der Waals surface area contributed by atoms with Gasteiger partial charge in [-0.2, -0.15) is 4.31 Å². The Morgan fingerprint density at radius 3 is 2.52 bits per heavy atom. The van der Waals surface area contributed by atoms with E-state index in [1.807, 2.05) is 12.1 Å². The number of hydrogen-bond donors (Lipinski definition) is 1. The molecule has 1 spiro atoms. The van der Waals surface area contributed by atoms with Crippen molar-refractivity contribution >= 4 is 20.9 Å².